The molecule has 0 bridgehead atoms. The van der Waals surface area contributed by atoms with Crippen molar-refractivity contribution >= 4 is 11.6 Å². The van der Waals surface area contributed by atoms with Crippen LogP contribution in [0.1, 0.15) is 11.3 Å². The van der Waals surface area contributed by atoms with Crippen LogP contribution in [0.4, 0.5) is 0 Å². The first kappa shape index (κ1) is 7.99. The largest absolute Gasteiger partial charge is 0.325 e. The first-order valence-electron chi connectivity index (χ1n) is 3.03. The van der Waals surface area contributed by atoms with Gasteiger partial charge in [-0.05, 0) is 12.1 Å². The molecule has 0 saturated heterocycles. The van der Waals surface area contributed by atoms with Crippen LogP contribution in [-0.4, -0.2) is 4.98 Å². The highest BCUT2D eigenvalue weighted by Gasteiger charge is 1.97. The fourth-order valence-corrected chi connectivity index (χ4v) is 0.946. The van der Waals surface area contributed by atoms with Crippen LogP contribution in [0.3, 0.4) is 0 Å². The molecule has 0 saturated carbocycles. The van der Waals surface area contributed by atoms with Crippen molar-refractivity contribution < 1.29 is 0 Å². The summed E-state index contributed by atoms with van der Waals surface area (Å²) in [6.45, 7) is 0.301. The monoisotopic (exact) mass is 167 g/mol. The number of nitrogens with two attached hydrogens (primary N) is 1. The van der Waals surface area contributed by atoms with Crippen LogP contribution in [0.15, 0.2) is 12.1 Å². The van der Waals surface area contributed by atoms with Crippen LogP contribution < -0.4 is 5.73 Å². The molecule has 0 radical (unpaired) electrons. The molecule has 2 N–H and O–H groups in total. The van der Waals surface area contributed by atoms with Crippen molar-refractivity contribution in [1.29, 1.82) is 5.26 Å². The van der Waals surface area contributed by atoms with E-state index in [1.54, 1.807) is 6.07 Å². The number of rotatable bonds is 1. The smallest absolute Gasteiger partial charge is 0.130 e. The van der Waals surface area contributed by atoms with Crippen molar-refractivity contribution in [3.8, 4) is 6.07 Å². The number of aromatic nitrogens is 1. The van der Waals surface area contributed by atoms with E-state index in [-0.39, 0.29) is 0 Å². The summed E-state index contributed by atoms with van der Waals surface area (Å²) in [7, 11) is 0. The topological polar surface area (TPSA) is 62.7 Å². The summed E-state index contributed by atoms with van der Waals surface area (Å²) in [6.07, 6.45) is 0. The minimum absolute atomic E-state index is 0.301. The molecule has 0 aliphatic heterocycles. The van der Waals surface area contributed by atoms with Crippen LogP contribution in [0.25, 0.3) is 0 Å². The van der Waals surface area contributed by atoms with E-state index in [0.29, 0.717) is 23.0 Å². The van der Waals surface area contributed by atoms with Gasteiger partial charge in [-0.1, -0.05) is 11.6 Å². The van der Waals surface area contributed by atoms with E-state index in [0.717, 1.165) is 0 Å². The van der Waals surface area contributed by atoms with E-state index >= 15 is 0 Å². The third-order valence-corrected chi connectivity index (χ3v) is 1.38. The second-order valence-corrected chi connectivity index (χ2v) is 2.37. The van der Waals surface area contributed by atoms with Gasteiger partial charge in [-0.3, -0.25) is 0 Å². The zero-order valence-electron chi connectivity index (χ0n) is 5.71. The average Bonchev–Trinajstić information content (AvgIpc) is 2.03. The lowest BCUT2D eigenvalue weighted by Gasteiger charge is -1.96. The summed E-state index contributed by atoms with van der Waals surface area (Å²) in [5.74, 6) is 0. The minimum Gasteiger partial charge on any atom is -0.325 e. The Morgan fingerprint density at radius 1 is 1.64 bits per heavy atom. The molecule has 0 unspecified atom stereocenters. The lowest BCUT2D eigenvalue weighted by Crippen LogP contribution is -1.99. The third-order valence-electron chi connectivity index (χ3n) is 1.19. The van der Waals surface area contributed by atoms with E-state index in [4.69, 9.17) is 22.6 Å². The molecule has 56 valence electrons. The van der Waals surface area contributed by atoms with Gasteiger partial charge in [-0.15, -0.1) is 0 Å². The fraction of sp³-hybridized carbons (Fsp3) is 0.143. The molecule has 0 aliphatic rings. The first-order chi connectivity index (χ1) is 5.26. The molecule has 1 heterocycles. The molecule has 11 heavy (non-hydrogen) atoms. The van der Waals surface area contributed by atoms with Crippen LogP contribution in [0, 0.1) is 11.3 Å². The highest BCUT2D eigenvalue weighted by molar-refractivity contribution is 6.29. The number of hydrogen-bond acceptors (Lipinski definition) is 3. The fourth-order valence-electron chi connectivity index (χ4n) is 0.720. The Kier molecular flexibility index (Phi) is 2.42. The highest BCUT2D eigenvalue weighted by Crippen LogP contribution is 2.09. The summed E-state index contributed by atoms with van der Waals surface area (Å²) in [4.78, 5) is 3.89. The maximum absolute atomic E-state index is 8.50. The van der Waals surface area contributed by atoms with Crippen molar-refractivity contribution in [2.24, 2.45) is 5.73 Å². The lowest BCUT2D eigenvalue weighted by molar-refractivity contribution is 0.988. The molecule has 4 heteroatoms. The SMILES string of the molecule is N#Cc1cc(Cl)nc(CN)c1. The Morgan fingerprint density at radius 3 is 2.91 bits per heavy atom. The van der Waals surface area contributed by atoms with Gasteiger partial charge in [0.15, 0.2) is 0 Å². The van der Waals surface area contributed by atoms with Crippen molar-refractivity contribution in [3.05, 3.63) is 28.5 Å². The quantitative estimate of drug-likeness (QED) is 0.637. The Morgan fingerprint density at radius 2 is 2.36 bits per heavy atom. The Bertz CT molecular complexity index is 303. The van der Waals surface area contributed by atoms with E-state index < -0.39 is 0 Å². The molecule has 0 aliphatic carbocycles. The van der Waals surface area contributed by atoms with Crippen LogP contribution in [-0.2, 0) is 6.54 Å². The van der Waals surface area contributed by atoms with Gasteiger partial charge < -0.3 is 5.73 Å². The normalized spacial score (nSPS) is 9.18. The molecular formula is C7H6ClN3. The second kappa shape index (κ2) is 3.33. The van der Waals surface area contributed by atoms with Gasteiger partial charge >= 0.3 is 0 Å². The van der Waals surface area contributed by atoms with Crippen molar-refractivity contribution in [1.82, 2.24) is 4.98 Å². The number of nitrogens with zero attached hydrogens (tertiary/aromatic N) is 2. The molecule has 1 rings (SSSR count). The van der Waals surface area contributed by atoms with Gasteiger partial charge in [0.1, 0.15) is 5.15 Å². The van der Waals surface area contributed by atoms with Gasteiger partial charge in [-0.2, -0.15) is 5.26 Å². The predicted octanol–water partition coefficient (Wildman–Crippen LogP) is 1.07. The number of hydrogen-bond donors (Lipinski definition) is 1. The van der Waals surface area contributed by atoms with Crippen molar-refractivity contribution in [2.45, 2.75) is 6.54 Å². The Labute approximate surface area is 69.4 Å². The van der Waals surface area contributed by atoms with E-state index in [1.165, 1.54) is 6.07 Å². The van der Waals surface area contributed by atoms with Crippen LogP contribution in [0.5, 0.6) is 0 Å². The molecule has 0 spiro atoms. The van der Waals surface area contributed by atoms with Gasteiger partial charge in [0.05, 0.1) is 17.3 Å². The summed E-state index contributed by atoms with van der Waals surface area (Å²) in [5.41, 5.74) is 6.44. The van der Waals surface area contributed by atoms with Gasteiger partial charge in [0.25, 0.3) is 0 Å². The zero-order chi connectivity index (χ0) is 8.27. The summed E-state index contributed by atoms with van der Waals surface area (Å²) in [5, 5.41) is 8.81. The second-order valence-electron chi connectivity index (χ2n) is 1.99. The number of nitriles is 1. The van der Waals surface area contributed by atoms with Gasteiger partial charge in [0, 0.05) is 6.54 Å². The minimum atomic E-state index is 0.301. The standard InChI is InChI=1S/C7H6ClN3/c8-7-2-5(3-9)1-6(4-10)11-7/h1-2H,4,10H2. The number of halogens is 1. The summed E-state index contributed by atoms with van der Waals surface area (Å²) >= 11 is 5.59. The van der Waals surface area contributed by atoms with Crippen molar-refractivity contribution in [2.75, 3.05) is 0 Å². The maximum Gasteiger partial charge on any atom is 0.130 e. The Hall–Kier alpha value is -1.11. The van der Waals surface area contributed by atoms with Crippen LogP contribution >= 0.6 is 11.6 Å². The van der Waals surface area contributed by atoms with Gasteiger partial charge in [-0.25, -0.2) is 4.98 Å². The van der Waals surface area contributed by atoms with E-state index in [9.17, 15) is 0 Å². The summed E-state index contributed by atoms with van der Waals surface area (Å²) in [6, 6.07) is 5.08. The molecule has 3 nitrogen and oxygen atoms in total. The average molecular weight is 168 g/mol. The van der Waals surface area contributed by atoms with E-state index in [1.807, 2.05) is 6.07 Å². The number of pyridine rings is 1. The first-order valence-corrected chi connectivity index (χ1v) is 3.40. The maximum atomic E-state index is 8.50. The molecular weight excluding hydrogens is 162 g/mol. The van der Waals surface area contributed by atoms with Gasteiger partial charge in [0.2, 0.25) is 0 Å². The summed E-state index contributed by atoms with van der Waals surface area (Å²) < 4.78 is 0. The molecule has 0 atom stereocenters. The molecule has 1 aromatic rings. The molecule has 0 aromatic carbocycles. The lowest BCUT2D eigenvalue weighted by atomic mass is 10.2. The third kappa shape index (κ3) is 1.90. The predicted molar refractivity (Wildman–Crippen MR) is 41.9 cm³/mol. The molecule has 0 amide bonds. The zero-order valence-corrected chi connectivity index (χ0v) is 6.47. The Balaban J connectivity index is 3.15. The molecule has 0 fully saturated rings. The molecule has 1 aromatic heterocycles. The highest BCUT2D eigenvalue weighted by atomic mass is 35.5. The van der Waals surface area contributed by atoms with Crippen molar-refractivity contribution in [3.63, 3.8) is 0 Å². The van der Waals surface area contributed by atoms with Crippen LogP contribution in [0.2, 0.25) is 5.15 Å². The van der Waals surface area contributed by atoms with E-state index in [2.05, 4.69) is 4.98 Å².